The molecule has 1 N–H and O–H groups in total. The number of nitrogens with zero attached hydrogens (tertiary/aromatic N) is 1. The molecule has 0 aliphatic heterocycles. The number of hydrogen-bond donors (Lipinski definition) is 1. The molecule has 0 amide bonds. The predicted octanol–water partition coefficient (Wildman–Crippen LogP) is 2.87. The summed E-state index contributed by atoms with van der Waals surface area (Å²) in [6.07, 6.45) is 1.68. The van der Waals surface area contributed by atoms with E-state index < -0.39 is 0 Å². The highest BCUT2D eigenvalue weighted by atomic mass is 35.5. The third-order valence-corrected chi connectivity index (χ3v) is 1.97. The quantitative estimate of drug-likeness (QED) is 0.834. The SMILES string of the molecule is CC(C)(C)CNCc1ccc(Cl)cn1. The minimum absolute atomic E-state index is 0.312. The van der Waals surface area contributed by atoms with Crippen LogP contribution in [-0.2, 0) is 6.54 Å². The molecule has 0 radical (unpaired) electrons. The van der Waals surface area contributed by atoms with Gasteiger partial charge in [-0.25, -0.2) is 0 Å². The molecular formula is C11H17ClN2. The first-order valence-corrected chi connectivity index (χ1v) is 5.16. The van der Waals surface area contributed by atoms with Crippen LogP contribution in [0.5, 0.6) is 0 Å². The van der Waals surface area contributed by atoms with Crippen molar-refractivity contribution in [2.24, 2.45) is 5.41 Å². The lowest BCUT2D eigenvalue weighted by Gasteiger charge is -2.18. The summed E-state index contributed by atoms with van der Waals surface area (Å²) in [7, 11) is 0. The zero-order valence-electron chi connectivity index (χ0n) is 8.97. The van der Waals surface area contributed by atoms with Gasteiger partial charge in [-0.15, -0.1) is 0 Å². The summed E-state index contributed by atoms with van der Waals surface area (Å²) in [5, 5.41) is 4.04. The van der Waals surface area contributed by atoms with Crippen molar-refractivity contribution in [3.63, 3.8) is 0 Å². The van der Waals surface area contributed by atoms with Crippen LogP contribution in [0.4, 0.5) is 0 Å². The van der Waals surface area contributed by atoms with Gasteiger partial charge < -0.3 is 5.32 Å². The second-order valence-electron chi connectivity index (χ2n) is 4.63. The minimum Gasteiger partial charge on any atom is -0.311 e. The highest BCUT2D eigenvalue weighted by molar-refractivity contribution is 6.30. The monoisotopic (exact) mass is 212 g/mol. The van der Waals surface area contributed by atoms with E-state index in [-0.39, 0.29) is 0 Å². The summed E-state index contributed by atoms with van der Waals surface area (Å²) >= 11 is 5.74. The Labute approximate surface area is 90.7 Å². The lowest BCUT2D eigenvalue weighted by atomic mass is 9.97. The Hall–Kier alpha value is -0.600. The Morgan fingerprint density at radius 3 is 2.57 bits per heavy atom. The Bertz CT molecular complexity index is 274. The molecule has 1 heterocycles. The van der Waals surface area contributed by atoms with Crippen LogP contribution in [0.15, 0.2) is 18.3 Å². The Morgan fingerprint density at radius 2 is 2.07 bits per heavy atom. The van der Waals surface area contributed by atoms with Crippen molar-refractivity contribution < 1.29 is 0 Å². The third-order valence-electron chi connectivity index (χ3n) is 1.75. The van der Waals surface area contributed by atoms with Crippen LogP contribution in [0.25, 0.3) is 0 Å². The number of hydrogen-bond acceptors (Lipinski definition) is 2. The summed E-state index contributed by atoms with van der Waals surface area (Å²) < 4.78 is 0. The molecule has 78 valence electrons. The summed E-state index contributed by atoms with van der Waals surface area (Å²) in [6, 6.07) is 3.81. The normalized spacial score (nSPS) is 11.7. The molecule has 0 spiro atoms. The maximum Gasteiger partial charge on any atom is 0.0589 e. The van der Waals surface area contributed by atoms with Crippen molar-refractivity contribution in [2.45, 2.75) is 27.3 Å². The summed E-state index contributed by atoms with van der Waals surface area (Å²) in [4.78, 5) is 4.20. The maximum atomic E-state index is 5.74. The smallest absolute Gasteiger partial charge is 0.0589 e. The first kappa shape index (κ1) is 11.5. The number of nitrogens with one attached hydrogen (secondary N) is 1. The molecule has 1 aromatic rings. The van der Waals surface area contributed by atoms with Gasteiger partial charge in [-0.3, -0.25) is 4.98 Å². The highest BCUT2D eigenvalue weighted by Gasteiger charge is 2.08. The predicted molar refractivity (Wildman–Crippen MR) is 60.4 cm³/mol. The fraction of sp³-hybridized carbons (Fsp3) is 0.545. The van der Waals surface area contributed by atoms with Crippen molar-refractivity contribution >= 4 is 11.6 Å². The van der Waals surface area contributed by atoms with E-state index in [2.05, 4.69) is 31.1 Å². The molecule has 0 saturated heterocycles. The van der Waals surface area contributed by atoms with Gasteiger partial charge in [-0.2, -0.15) is 0 Å². The molecule has 14 heavy (non-hydrogen) atoms. The van der Waals surface area contributed by atoms with Crippen molar-refractivity contribution in [3.05, 3.63) is 29.0 Å². The molecule has 0 aliphatic rings. The third kappa shape index (κ3) is 4.58. The van der Waals surface area contributed by atoms with Crippen LogP contribution >= 0.6 is 11.6 Å². The van der Waals surface area contributed by atoms with E-state index in [0.29, 0.717) is 10.4 Å². The molecule has 0 aromatic carbocycles. The summed E-state index contributed by atoms with van der Waals surface area (Å²) in [5.41, 5.74) is 1.34. The van der Waals surface area contributed by atoms with Gasteiger partial charge in [0.1, 0.15) is 0 Å². The van der Waals surface area contributed by atoms with Crippen LogP contribution < -0.4 is 5.32 Å². The molecule has 0 bridgehead atoms. The van der Waals surface area contributed by atoms with Gasteiger partial charge in [0, 0.05) is 19.3 Å². The van der Waals surface area contributed by atoms with Crippen LogP contribution in [0.3, 0.4) is 0 Å². The van der Waals surface area contributed by atoms with E-state index in [4.69, 9.17) is 11.6 Å². The van der Waals surface area contributed by atoms with Crippen molar-refractivity contribution in [3.8, 4) is 0 Å². The Balaban J connectivity index is 2.35. The van der Waals surface area contributed by atoms with E-state index in [1.54, 1.807) is 6.20 Å². The number of pyridine rings is 1. The zero-order chi connectivity index (χ0) is 10.6. The lowest BCUT2D eigenvalue weighted by Crippen LogP contribution is -2.26. The van der Waals surface area contributed by atoms with Crippen LogP contribution in [0.1, 0.15) is 26.5 Å². The zero-order valence-corrected chi connectivity index (χ0v) is 9.73. The number of halogens is 1. The maximum absolute atomic E-state index is 5.74. The van der Waals surface area contributed by atoms with Crippen LogP contribution in [0.2, 0.25) is 5.02 Å². The van der Waals surface area contributed by atoms with Crippen LogP contribution in [-0.4, -0.2) is 11.5 Å². The highest BCUT2D eigenvalue weighted by Crippen LogP contribution is 2.11. The number of aromatic nitrogens is 1. The van der Waals surface area contributed by atoms with Gasteiger partial charge in [-0.05, 0) is 17.5 Å². The molecular weight excluding hydrogens is 196 g/mol. The molecule has 3 heteroatoms. The molecule has 0 saturated carbocycles. The van der Waals surface area contributed by atoms with E-state index in [1.165, 1.54) is 0 Å². The van der Waals surface area contributed by atoms with Gasteiger partial charge in [0.05, 0.1) is 10.7 Å². The van der Waals surface area contributed by atoms with Gasteiger partial charge in [0.2, 0.25) is 0 Å². The fourth-order valence-corrected chi connectivity index (χ4v) is 1.19. The average molecular weight is 213 g/mol. The molecule has 1 aromatic heterocycles. The first-order chi connectivity index (χ1) is 6.47. The van der Waals surface area contributed by atoms with Gasteiger partial charge in [-0.1, -0.05) is 32.4 Å². The van der Waals surface area contributed by atoms with Crippen molar-refractivity contribution in [1.82, 2.24) is 10.3 Å². The molecule has 0 aliphatic carbocycles. The van der Waals surface area contributed by atoms with E-state index >= 15 is 0 Å². The van der Waals surface area contributed by atoms with Gasteiger partial charge in [0.25, 0.3) is 0 Å². The van der Waals surface area contributed by atoms with Crippen LogP contribution in [0, 0.1) is 5.41 Å². The Kier molecular flexibility index (Phi) is 3.90. The van der Waals surface area contributed by atoms with Crippen molar-refractivity contribution in [1.29, 1.82) is 0 Å². The standard InChI is InChI=1S/C11H17ClN2/c1-11(2,3)8-13-7-10-5-4-9(12)6-14-10/h4-6,13H,7-8H2,1-3H3. The minimum atomic E-state index is 0.312. The second kappa shape index (κ2) is 4.76. The molecule has 0 unspecified atom stereocenters. The van der Waals surface area contributed by atoms with Crippen molar-refractivity contribution in [2.75, 3.05) is 6.54 Å². The van der Waals surface area contributed by atoms with E-state index in [0.717, 1.165) is 18.8 Å². The Morgan fingerprint density at radius 1 is 1.36 bits per heavy atom. The summed E-state index contributed by atoms with van der Waals surface area (Å²) in [5.74, 6) is 0. The fourth-order valence-electron chi connectivity index (χ4n) is 1.08. The summed E-state index contributed by atoms with van der Waals surface area (Å²) in [6.45, 7) is 8.39. The van der Waals surface area contributed by atoms with E-state index in [9.17, 15) is 0 Å². The van der Waals surface area contributed by atoms with Gasteiger partial charge >= 0.3 is 0 Å². The largest absolute Gasteiger partial charge is 0.311 e. The average Bonchev–Trinajstić information content (AvgIpc) is 2.06. The molecule has 0 fully saturated rings. The van der Waals surface area contributed by atoms with E-state index in [1.807, 2.05) is 12.1 Å². The topological polar surface area (TPSA) is 24.9 Å². The molecule has 1 rings (SSSR count). The molecule has 0 atom stereocenters. The number of rotatable bonds is 3. The van der Waals surface area contributed by atoms with Gasteiger partial charge in [0.15, 0.2) is 0 Å². The lowest BCUT2D eigenvalue weighted by molar-refractivity contribution is 0.378. The molecule has 2 nitrogen and oxygen atoms in total. The first-order valence-electron chi connectivity index (χ1n) is 4.78. The second-order valence-corrected chi connectivity index (χ2v) is 5.07.